The van der Waals surface area contributed by atoms with Gasteiger partial charge in [-0.15, -0.1) is 13.2 Å². The summed E-state index contributed by atoms with van der Waals surface area (Å²) < 4.78 is 52.6. The zero-order chi connectivity index (χ0) is 11.7. The molecule has 0 saturated heterocycles. The molecule has 0 aromatic heterocycles. The van der Waals surface area contributed by atoms with Crippen molar-refractivity contribution in [3.05, 3.63) is 29.8 Å². The van der Waals surface area contributed by atoms with Crippen LogP contribution in [0.4, 0.5) is 17.6 Å². The van der Waals surface area contributed by atoms with Crippen LogP contribution in [-0.4, -0.2) is 6.36 Å². The maximum absolute atomic E-state index is 13.4. The number of benzene rings is 1. The predicted octanol–water partition coefficient (Wildman–Crippen LogP) is 3.79. The SMILES string of the molecule is CC(C)(F)c1cccc(OC(F)(F)F)c1. The van der Waals surface area contributed by atoms with E-state index in [2.05, 4.69) is 4.74 Å². The zero-order valence-electron chi connectivity index (χ0n) is 8.23. The average molecular weight is 222 g/mol. The molecule has 0 aliphatic carbocycles. The van der Waals surface area contributed by atoms with Crippen LogP contribution in [0.25, 0.3) is 0 Å². The second-order valence-corrected chi connectivity index (χ2v) is 3.55. The second kappa shape index (κ2) is 3.72. The lowest BCUT2D eigenvalue weighted by Gasteiger charge is -2.16. The summed E-state index contributed by atoms with van der Waals surface area (Å²) in [6.07, 6.45) is -4.75. The number of ether oxygens (including phenoxy) is 1. The zero-order valence-corrected chi connectivity index (χ0v) is 8.23. The van der Waals surface area contributed by atoms with Crippen LogP contribution in [0.1, 0.15) is 19.4 Å². The third kappa shape index (κ3) is 3.77. The molecule has 0 unspecified atom stereocenters. The van der Waals surface area contributed by atoms with E-state index in [4.69, 9.17) is 0 Å². The molecule has 0 amide bonds. The van der Waals surface area contributed by atoms with Gasteiger partial charge in [0.25, 0.3) is 0 Å². The first-order valence-corrected chi connectivity index (χ1v) is 4.24. The Labute approximate surface area is 84.7 Å². The van der Waals surface area contributed by atoms with Crippen LogP contribution in [-0.2, 0) is 5.67 Å². The molecule has 0 aliphatic heterocycles. The van der Waals surface area contributed by atoms with Crippen LogP contribution < -0.4 is 4.74 Å². The van der Waals surface area contributed by atoms with Crippen molar-refractivity contribution in [2.24, 2.45) is 0 Å². The first kappa shape index (κ1) is 11.8. The molecule has 1 nitrogen and oxygen atoms in total. The van der Waals surface area contributed by atoms with Gasteiger partial charge in [0.1, 0.15) is 11.4 Å². The highest BCUT2D eigenvalue weighted by Gasteiger charge is 2.31. The van der Waals surface area contributed by atoms with Gasteiger partial charge in [0.05, 0.1) is 0 Å². The molecule has 0 bridgehead atoms. The van der Waals surface area contributed by atoms with Gasteiger partial charge in [-0.05, 0) is 31.5 Å². The van der Waals surface area contributed by atoms with Crippen LogP contribution >= 0.6 is 0 Å². The Morgan fingerprint density at radius 1 is 1.07 bits per heavy atom. The summed E-state index contributed by atoms with van der Waals surface area (Å²) in [5.74, 6) is -0.411. The number of hydrogen-bond acceptors (Lipinski definition) is 1. The van der Waals surface area contributed by atoms with Crippen LogP contribution in [0.5, 0.6) is 5.75 Å². The van der Waals surface area contributed by atoms with E-state index in [1.165, 1.54) is 26.0 Å². The Balaban J connectivity index is 2.94. The Morgan fingerprint density at radius 2 is 1.67 bits per heavy atom. The van der Waals surface area contributed by atoms with Crippen molar-refractivity contribution in [1.29, 1.82) is 0 Å². The molecule has 0 fully saturated rings. The fourth-order valence-electron chi connectivity index (χ4n) is 1.06. The first-order valence-electron chi connectivity index (χ1n) is 4.24. The first-order chi connectivity index (χ1) is 6.68. The molecule has 1 aromatic carbocycles. The smallest absolute Gasteiger partial charge is 0.406 e. The van der Waals surface area contributed by atoms with Gasteiger partial charge < -0.3 is 4.74 Å². The minimum atomic E-state index is -4.75. The molecule has 0 atom stereocenters. The maximum atomic E-state index is 13.4. The van der Waals surface area contributed by atoms with Gasteiger partial charge in [0.2, 0.25) is 0 Å². The Hall–Kier alpha value is -1.26. The van der Waals surface area contributed by atoms with Gasteiger partial charge in [0.15, 0.2) is 0 Å². The molecule has 5 heteroatoms. The van der Waals surface area contributed by atoms with Crippen LogP contribution in [0.15, 0.2) is 24.3 Å². The van der Waals surface area contributed by atoms with Gasteiger partial charge >= 0.3 is 6.36 Å². The van der Waals surface area contributed by atoms with Gasteiger partial charge in [-0.3, -0.25) is 0 Å². The number of halogens is 4. The van der Waals surface area contributed by atoms with Crippen molar-refractivity contribution >= 4 is 0 Å². The normalized spacial score (nSPS) is 12.7. The predicted molar refractivity (Wildman–Crippen MR) is 47.3 cm³/mol. The van der Waals surface area contributed by atoms with Crippen molar-refractivity contribution in [2.75, 3.05) is 0 Å². The monoisotopic (exact) mass is 222 g/mol. The van der Waals surface area contributed by atoms with E-state index < -0.39 is 17.8 Å². The topological polar surface area (TPSA) is 9.23 Å². The average Bonchev–Trinajstić information content (AvgIpc) is 1.99. The summed E-state index contributed by atoms with van der Waals surface area (Å²) in [5.41, 5.74) is -1.55. The van der Waals surface area contributed by atoms with Crippen LogP contribution in [0.3, 0.4) is 0 Å². The van der Waals surface area contributed by atoms with E-state index in [9.17, 15) is 17.6 Å². The van der Waals surface area contributed by atoms with Gasteiger partial charge in [-0.25, -0.2) is 4.39 Å². The third-order valence-corrected chi connectivity index (χ3v) is 1.75. The Morgan fingerprint density at radius 3 is 2.13 bits per heavy atom. The number of alkyl halides is 4. The molecule has 0 aliphatic rings. The molecule has 1 aromatic rings. The molecule has 1 rings (SSSR count). The Bertz CT molecular complexity index is 338. The highest BCUT2D eigenvalue weighted by molar-refractivity contribution is 5.31. The molecule has 0 N–H and O–H groups in total. The standard InChI is InChI=1S/C10H10F4O/c1-9(2,11)7-4-3-5-8(6-7)15-10(12,13)14/h3-6H,1-2H3. The minimum Gasteiger partial charge on any atom is -0.406 e. The largest absolute Gasteiger partial charge is 0.573 e. The minimum absolute atomic E-state index is 0.143. The summed E-state index contributed by atoms with van der Waals surface area (Å²) in [6.45, 7) is 2.53. The van der Waals surface area contributed by atoms with E-state index >= 15 is 0 Å². The van der Waals surface area contributed by atoms with Gasteiger partial charge in [-0.1, -0.05) is 12.1 Å². The molecule has 0 radical (unpaired) electrons. The molecule has 0 spiro atoms. The lowest BCUT2D eigenvalue weighted by Crippen LogP contribution is -2.18. The number of hydrogen-bond donors (Lipinski definition) is 0. The summed E-state index contributed by atoms with van der Waals surface area (Å²) in [6, 6.07) is 4.89. The van der Waals surface area contributed by atoms with Gasteiger partial charge in [-0.2, -0.15) is 0 Å². The summed E-state index contributed by atoms with van der Waals surface area (Å²) >= 11 is 0. The fraction of sp³-hybridized carbons (Fsp3) is 0.400. The lowest BCUT2D eigenvalue weighted by atomic mass is 10.0. The van der Waals surface area contributed by atoms with E-state index in [0.717, 1.165) is 12.1 Å². The molecule has 0 heterocycles. The van der Waals surface area contributed by atoms with E-state index in [-0.39, 0.29) is 5.56 Å². The van der Waals surface area contributed by atoms with Crippen molar-refractivity contribution < 1.29 is 22.3 Å². The Kier molecular flexibility index (Phi) is 2.93. The van der Waals surface area contributed by atoms with E-state index in [1.54, 1.807) is 0 Å². The molecule has 15 heavy (non-hydrogen) atoms. The van der Waals surface area contributed by atoms with E-state index in [1.807, 2.05) is 0 Å². The van der Waals surface area contributed by atoms with Crippen LogP contribution in [0.2, 0.25) is 0 Å². The molecular formula is C10H10F4O. The van der Waals surface area contributed by atoms with Gasteiger partial charge in [0, 0.05) is 0 Å². The number of rotatable bonds is 2. The van der Waals surface area contributed by atoms with E-state index in [0.29, 0.717) is 0 Å². The fourth-order valence-corrected chi connectivity index (χ4v) is 1.06. The van der Waals surface area contributed by atoms with Crippen molar-refractivity contribution in [2.45, 2.75) is 25.9 Å². The summed E-state index contributed by atoms with van der Waals surface area (Å²) in [7, 11) is 0. The van der Waals surface area contributed by atoms with Crippen molar-refractivity contribution in [3.63, 3.8) is 0 Å². The van der Waals surface area contributed by atoms with Crippen LogP contribution in [0, 0.1) is 0 Å². The maximum Gasteiger partial charge on any atom is 0.573 e. The lowest BCUT2D eigenvalue weighted by molar-refractivity contribution is -0.274. The summed E-state index contributed by atoms with van der Waals surface area (Å²) in [4.78, 5) is 0. The third-order valence-electron chi connectivity index (χ3n) is 1.75. The quantitative estimate of drug-likeness (QED) is 0.692. The van der Waals surface area contributed by atoms with Crippen molar-refractivity contribution in [3.8, 4) is 5.75 Å². The molecule has 84 valence electrons. The van der Waals surface area contributed by atoms with Crippen molar-refractivity contribution in [1.82, 2.24) is 0 Å². The highest BCUT2D eigenvalue weighted by Crippen LogP contribution is 2.29. The molecule has 0 saturated carbocycles. The second-order valence-electron chi connectivity index (χ2n) is 3.55. The molecular weight excluding hydrogens is 212 g/mol. The summed E-state index contributed by atoms with van der Waals surface area (Å²) in [5, 5.41) is 0. The highest BCUT2D eigenvalue weighted by atomic mass is 19.4.